The van der Waals surface area contributed by atoms with Gasteiger partial charge < -0.3 is 24.3 Å². The summed E-state index contributed by atoms with van der Waals surface area (Å²) in [5, 5.41) is 3.26. The zero-order chi connectivity index (χ0) is 25.5. The predicted molar refractivity (Wildman–Crippen MR) is 130 cm³/mol. The number of esters is 2. The van der Waals surface area contributed by atoms with E-state index < -0.39 is 23.8 Å². The van der Waals surface area contributed by atoms with Gasteiger partial charge in [0.15, 0.2) is 5.78 Å². The predicted octanol–water partition coefficient (Wildman–Crippen LogP) is 3.67. The van der Waals surface area contributed by atoms with Crippen molar-refractivity contribution < 1.29 is 33.3 Å². The zero-order valence-electron chi connectivity index (χ0n) is 21.1. The number of allylic oxidation sites excluding steroid dienone is 3. The Hall–Kier alpha value is -3.13. The fraction of sp³-hybridized carbons (Fsp3) is 0.519. The summed E-state index contributed by atoms with van der Waals surface area (Å²) in [5.41, 5.74) is 2.84. The fourth-order valence-electron chi connectivity index (χ4n) is 4.68. The summed E-state index contributed by atoms with van der Waals surface area (Å²) >= 11 is 0. The molecule has 1 aromatic carbocycles. The molecule has 0 saturated heterocycles. The molecule has 0 amide bonds. The summed E-state index contributed by atoms with van der Waals surface area (Å²) < 4.78 is 21.4. The van der Waals surface area contributed by atoms with Crippen molar-refractivity contribution >= 4 is 17.7 Å². The molecular formula is C27H35NO7. The van der Waals surface area contributed by atoms with Crippen LogP contribution in [0.5, 0.6) is 5.75 Å². The van der Waals surface area contributed by atoms with Crippen molar-refractivity contribution in [2.75, 3.05) is 33.5 Å². The van der Waals surface area contributed by atoms with Crippen LogP contribution in [-0.4, -0.2) is 51.3 Å². The van der Waals surface area contributed by atoms with Gasteiger partial charge in [-0.05, 0) is 50.3 Å². The Morgan fingerprint density at radius 1 is 1.09 bits per heavy atom. The van der Waals surface area contributed by atoms with Crippen molar-refractivity contribution in [2.45, 2.75) is 46.5 Å². The number of benzene rings is 1. The molecule has 1 aliphatic carbocycles. The summed E-state index contributed by atoms with van der Waals surface area (Å²) in [6, 6.07) is 7.36. The molecule has 8 heteroatoms. The Balaban J connectivity index is 2.04. The van der Waals surface area contributed by atoms with Crippen LogP contribution in [0.3, 0.4) is 0 Å². The smallest absolute Gasteiger partial charge is 0.336 e. The summed E-state index contributed by atoms with van der Waals surface area (Å²) in [7, 11) is 1.28. The van der Waals surface area contributed by atoms with E-state index in [-0.39, 0.29) is 24.9 Å². The van der Waals surface area contributed by atoms with Crippen LogP contribution < -0.4 is 10.1 Å². The minimum atomic E-state index is -0.927. The number of carbonyl (C=O) groups excluding carboxylic acids is 3. The van der Waals surface area contributed by atoms with Crippen molar-refractivity contribution in [3.8, 4) is 5.75 Å². The monoisotopic (exact) mass is 485 g/mol. The van der Waals surface area contributed by atoms with E-state index in [1.165, 1.54) is 7.11 Å². The first-order valence-corrected chi connectivity index (χ1v) is 12.1. The van der Waals surface area contributed by atoms with Crippen LogP contribution in [0.25, 0.3) is 0 Å². The minimum absolute atomic E-state index is 0.0988. The van der Waals surface area contributed by atoms with Gasteiger partial charge >= 0.3 is 11.9 Å². The lowest BCUT2D eigenvalue weighted by molar-refractivity contribution is -0.151. The van der Waals surface area contributed by atoms with Crippen LogP contribution in [0.2, 0.25) is 0 Å². The van der Waals surface area contributed by atoms with Gasteiger partial charge in [-0.2, -0.15) is 0 Å². The average Bonchev–Trinajstić information content (AvgIpc) is 2.84. The van der Waals surface area contributed by atoms with Gasteiger partial charge in [0.05, 0.1) is 25.9 Å². The summed E-state index contributed by atoms with van der Waals surface area (Å²) in [4.78, 5) is 39.5. The summed E-state index contributed by atoms with van der Waals surface area (Å²) in [6.45, 7) is 9.05. The average molecular weight is 486 g/mol. The van der Waals surface area contributed by atoms with E-state index in [1.54, 1.807) is 6.92 Å². The lowest BCUT2D eigenvalue weighted by Crippen LogP contribution is -2.43. The molecule has 1 aliphatic heterocycles. The minimum Gasteiger partial charge on any atom is -0.494 e. The molecule has 190 valence electrons. The largest absolute Gasteiger partial charge is 0.494 e. The van der Waals surface area contributed by atoms with E-state index in [0.29, 0.717) is 42.2 Å². The van der Waals surface area contributed by atoms with E-state index >= 15 is 0 Å². The lowest BCUT2D eigenvalue weighted by Gasteiger charge is -2.38. The molecule has 0 saturated carbocycles. The molecule has 0 radical (unpaired) electrons. The van der Waals surface area contributed by atoms with E-state index in [0.717, 1.165) is 17.7 Å². The molecule has 0 unspecified atom stereocenters. The number of ether oxygens (including phenoxy) is 4. The van der Waals surface area contributed by atoms with Gasteiger partial charge in [0, 0.05) is 29.5 Å². The number of hydrogen-bond donors (Lipinski definition) is 1. The molecule has 2 aliphatic rings. The van der Waals surface area contributed by atoms with Crippen molar-refractivity contribution in [3.63, 3.8) is 0 Å². The van der Waals surface area contributed by atoms with Crippen molar-refractivity contribution in [3.05, 3.63) is 52.4 Å². The number of hydrogen-bond acceptors (Lipinski definition) is 8. The topological polar surface area (TPSA) is 100 Å². The maximum Gasteiger partial charge on any atom is 0.336 e. The third-order valence-electron chi connectivity index (χ3n) is 6.31. The van der Waals surface area contributed by atoms with Crippen LogP contribution in [0, 0.1) is 11.8 Å². The van der Waals surface area contributed by atoms with Crippen molar-refractivity contribution in [1.29, 1.82) is 0 Å². The third-order valence-corrected chi connectivity index (χ3v) is 6.31. The quantitative estimate of drug-likeness (QED) is 0.304. The molecule has 1 heterocycles. The normalized spacial score (nSPS) is 21.9. The second kappa shape index (κ2) is 12.0. The third kappa shape index (κ3) is 5.75. The number of nitrogens with one attached hydrogen (secondary N) is 1. The van der Waals surface area contributed by atoms with Gasteiger partial charge in [0.2, 0.25) is 0 Å². The van der Waals surface area contributed by atoms with Crippen molar-refractivity contribution in [1.82, 2.24) is 5.32 Å². The van der Waals surface area contributed by atoms with Crippen LogP contribution in [-0.2, 0) is 28.6 Å². The number of dihydropyridines is 1. The Morgan fingerprint density at radius 3 is 2.43 bits per heavy atom. The Bertz CT molecular complexity index is 1010. The number of ketones is 1. The molecule has 1 aromatic rings. The first-order chi connectivity index (χ1) is 16.8. The first kappa shape index (κ1) is 26.5. The van der Waals surface area contributed by atoms with E-state index in [1.807, 2.05) is 45.0 Å². The lowest BCUT2D eigenvalue weighted by atomic mass is 9.69. The maximum absolute atomic E-state index is 13.7. The molecule has 0 bridgehead atoms. The highest BCUT2D eigenvalue weighted by molar-refractivity contribution is 6.12. The zero-order valence-corrected chi connectivity index (χ0v) is 21.1. The highest BCUT2D eigenvalue weighted by Gasteiger charge is 2.47. The fourth-order valence-corrected chi connectivity index (χ4v) is 4.68. The highest BCUT2D eigenvalue weighted by Crippen LogP contribution is 2.45. The maximum atomic E-state index is 13.7. The molecule has 3 atom stereocenters. The summed E-state index contributed by atoms with van der Waals surface area (Å²) in [5.74, 6) is -2.57. The van der Waals surface area contributed by atoms with Crippen LogP contribution in [0.1, 0.15) is 52.0 Å². The standard InChI is InChI=1S/C27H35NO7/c1-6-12-34-19-10-8-18(9-11-19)23-22(27(31)35-14-13-33-7-2)17(4)28-20-15-16(3)21(26(30)32-5)25(29)24(20)23/h8-11,16,21,23,28H,6-7,12-15H2,1-5H3/t16-,21-,23-/m1/s1. The molecular weight excluding hydrogens is 450 g/mol. The molecule has 0 fully saturated rings. The SMILES string of the molecule is CCCOc1ccc([C@@H]2C(C(=O)OCCOCC)=C(C)NC3=C2C(=O)[C@H](C(=O)OC)[C@H](C)C3)cc1. The first-order valence-electron chi connectivity index (χ1n) is 12.1. The number of Topliss-reactive ketones (excluding diaryl/α,β-unsaturated/α-hetero) is 1. The van der Waals surface area contributed by atoms with Gasteiger partial charge in [-0.1, -0.05) is 26.0 Å². The molecule has 0 aromatic heterocycles. The Kier molecular flexibility index (Phi) is 9.09. The van der Waals surface area contributed by atoms with E-state index in [2.05, 4.69) is 5.32 Å². The van der Waals surface area contributed by atoms with E-state index in [9.17, 15) is 14.4 Å². The van der Waals surface area contributed by atoms with Crippen LogP contribution >= 0.6 is 0 Å². The molecule has 1 N–H and O–H groups in total. The second-order valence-corrected chi connectivity index (χ2v) is 8.79. The Labute approximate surface area is 206 Å². The van der Waals surface area contributed by atoms with Gasteiger partial charge in [-0.15, -0.1) is 0 Å². The molecule has 0 spiro atoms. The van der Waals surface area contributed by atoms with Gasteiger partial charge in [-0.3, -0.25) is 9.59 Å². The van der Waals surface area contributed by atoms with Gasteiger partial charge in [0.1, 0.15) is 18.3 Å². The second-order valence-electron chi connectivity index (χ2n) is 8.79. The highest BCUT2D eigenvalue weighted by atomic mass is 16.6. The molecule has 3 rings (SSSR count). The molecule has 8 nitrogen and oxygen atoms in total. The van der Waals surface area contributed by atoms with Crippen LogP contribution in [0.4, 0.5) is 0 Å². The summed E-state index contributed by atoms with van der Waals surface area (Å²) in [6.07, 6.45) is 1.37. The van der Waals surface area contributed by atoms with Crippen molar-refractivity contribution in [2.24, 2.45) is 11.8 Å². The number of carbonyl (C=O) groups is 3. The van der Waals surface area contributed by atoms with Crippen LogP contribution in [0.15, 0.2) is 46.8 Å². The van der Waals surface area contributed by atoms with E-state index in [4.69, 9.17) is 18.9 Å². The van der Waals surface area contributed by atoms with Gasteiger partial charge in [-0.25, -0.2) is 4.79 Å². The molecule has 35 heavy (non-hydrogen) atoms. The Morgan fingerprint density at radius 2 is 1.80 bits per heavy atom. The van der Waals surface area contributed by atoms with Gasteiger partial charge in [0.25, 0.3) is 0 Å². The number of methoxy groups -OCH3 is 1. The number of rotatable bonds is 10.